The van der Waals surface area contributed by atoms with Gasteiger partial charge in [0.15, 0.2) is 0 Å². The van der Waals surface area contributed by atoms with Gasteiger partial charge in [-0.1, -0.05) is 0 Å². The normalized spacial score (nSPS) is 10.1. The third kappa shape index (κ3) is 2.40. The minimum atomic E-state index is -0.457. The maximum absolute atomic E-state index is 11.0. The van der Waals surface area contributed by atoms with Crippen molar-refractivity contribution in [1.82, 2.24) is 9.78 Å². The Labute approximate surface area is 103 Å². The highest BCUT2D eigenvalue weighted by molar-refractivity contribution is 5.70. The van der Waals surface area contributed by atoms with Crippen LogP contribution < -0.4 is 10.1 Å². The molecular formula is C11H12N4O3. The minimum Gasteiger partial charge on any atom is -0.496 e. The second kappa shape index (κ2) is 4.74. The summed E-state index contributed by atoms with van der Waals surface area (Å²) in [4.78, 5) is 10.5. The van der Waals surface area contributed by atoms with Crippen LogP contribution in [0.1, 0.15) is 0 Å². The zero-order valence-corrected chi connectivity index (χ0v) is 9.95. The van der Waals surface area contributed by atoms with Crippen molar-refractivity contribution in [2.24, 2.45) is 7.05 Å². The molecule has 0 amide bonds. The Morgan fingerprint density at radius 1 is 1.50 bits per heavy atom. The second-order valence-electron chi connectivity index (χ2n) is 3.67. The molecular weight excluding hydrogens is 236 g/mol. The maximum Gasteiger partial charge on any atom is 0.296 e. The predicted molar refractivity (Wildman–Crippen MR) is 66.1 cm³/mol. The molecule has 2 rings (SSSR count). The summed E-state index contributed by atoms with van der Waals surface area (Å²) >= 11 is 0. The van der Waals surface area contributed by atoms with Crippen molar-refractivity contribution in [1.29, 1.82) is 0 Å². The van der Waals surface area contributed by atoms with Gasteiger partial charge in [-0.2, -0.15) is 5.10 Å². The first-order valence-corrected chi connectivity index (χ1v) is 5.18. The third-order valence-electron chi connectivity index (χ3n) is 2.39. The van der Waals surface area contributed by atoms with E-state index >= 15 is 0 Å². The lowest BCUT2D eigenvalue weighted by molar-refractivity contribution is -0.384. The molecule has 0 aliphatic rings. The fourth-order valence-electron chi connectivity index (χ4n) is 1.54. The molecule has 0 saturated heterocycles. The topological polar surface area (TPSA) is 82.2 Å². The Morgan fingerprint density at radius 2 is 2.28 bits per heavy atom. The number of anilines is 2. The average molecular weight is 248 g/mol. The van der Waals surface area contributed by atoms with Gasteiger partial charge in [-0.25, -0.2) is 0 Å². The van der Waals surface area contributed by atoms with E-state index in [1.54, 1.807) is 36.3 Å². The molecule has 1 aromatic heterocycles. The van der Waals surface area contributed by atoms with E-state index in [1.807, 2.05) is 0 Å². The van der Waals surface area contributed by atoms with Crippen LogP contribution in [0, 0.1) is 10.1 Å². The van der Waals surface area contributed by atoms with Crippen LogP contribution in [0.2, 0.25) is 0 Å². The van der Waals surface area contributed by atoms with E-state index in [1.165, 1.54) is 13.2 Å². The Bertz CT molecular complexity index is 579. The molecule has 0 saturated carbocycles. The molecule has 1 aromatic carbocycles. The molecule has 0 unspecified atom stereocenters. The zero-order chi connectivity index (χ0) is 13.1. The number of hydrogen-bond donors (Lipinski definition) is 1. The maximum atomic E-state index is 11.0. The number of hydrogen-bond acceptors (Lipinski definition) is 5. The smallest absolute Gasteiger partial charge is 0.296 e. The Kier molecular flexibility index (Phi) is 3.13. The Balaban J connectivity index is 2.34. The summed E-state index contributed by atoms with van der Waals surface area (Å²) < 4.78 is 6.57. The van der Waals surface area contributed by atoms with E-state index in [2.05, 4.69) is 10.4 Å². The molecule has 7 heteroatoms. The highest BCUT2D eigenvalue weighted by atomic mass is 16.6. The second-order valence-corrected chi connectivity index (χ2v) is 3.67. The lowest BCUT2D eigenvalue weighted by Gasteiger charge is -2.06. The minimum absolute atomic E-state index is 0.0433. The van der Waals surface area contributed by atoms with E-state index in [-0.39, 0.29) is 5.69 Å². The van der Waals surface area contributed by atoms with Crippen LogP contribution in [-0.4, -0.2) is 21.8 Å². The molecule has 0 radical (unpaired) electrons. The summed E-state index contributed by atoms with van der Waals surface area (Å²) in [5, 5.41) is 17.9. The van der Waals surface area contributed by atoms with Crippen LogP contribution >= 0.6 is 0 Å². The van der Waals surface area contributed by atoms with E-state index in [0.29, 0.717) is 17.1 Å². The van der Waals surface area contributed by atoms with Crippen molar-refractivity contribution in [2.45, 2.75) is 0 Å². The van der Waals surface area contributed by atoms with Gasteiger partial charge in [0, 0.05) is 13.2 Å². The largest absolute Gasteiger partial charge is 0.496 e. The number of rotatable bonds is 4. The van der Waals surface area contributed by atoms with Crippen molar-refractivity contribution < 1.29 is 9.66 Å². The van der Waals surface area contributed by atoms with Gasteiger partial charge in [-0.3, -0.25) is 14.8 Å². The van der Waals surface area contributed by atoms with Gasteiger partial charge < -0.3 is 10.1 Å². The monoisotopic (exact) mass is 248 g/mol. The summed E-state index contributed by atoms with van der Waals surface area (Å²) in [6, 6.07) is 4.63. The Hall–Kier alpha value is -2.57. The molecule has 94 valence electrons. The third-order valence-corrected chi connectivity index (χ3v) is 2.39. The van der Waals surface area contributed by atoms with Crippen LogP contribution in [0.5, 0.6) is 5.75 Å². The fraction of sp³-hybridized carbons (Fsp3) is 0.182. The van der Waals surface area contributed by atoms with Crippen molar-refractivity contribution >= 4 is 17.1 Å². The van der Waals surface area contributed by atoms with Crippen LogP contribution in [0.3, 0.4) is 0 Å². The molecule has 1 N–H and O–H groups in total. The molecule has 0 atom stereocenters. The predicted octanol–water partition coefficient (Wildman–Crippen LogP) is 2.08. The highest BCUT2D eigenvalue weighted by Gasteiger charge is 2.15. The molecule has 0 bridgehead atoms. The number of methoxy groups -OCH3 is 1. The lowest BCUT2D eigenvalue weighted by Crippen LogP contribution is -1.97. The van der Waals surface area contributed by atoms with Gasteiger partial charge >= 0.3 is 0 Å². The van der Waals surface area contributed by atoms with Gasteiger partial charge in [0.2, 0.25) is 0 Å². The number of ether oxygens (including phenoxy) is 1. The number of nitrogens with one attached hydrogen (secondary N) is 1. The summed E-state index contributed by atoms with van der Waals surface area (Å²) in [5.41, 5.74) is 1.04. The first-order chi connectivity index (χ1) is 8.60. The molecule has 0 aliphatic heterocycles. The first-order valence-electron chi connectivity index (χ1n) is 5.18. The van der Waals surface area contributed by atoms with Gasteiger partial charge in [0.1, 0.15) is 11.4 Å². The number of benzene rings is 1. The molecule has 2 aromatic rings. The number of aryl methyl sites for hydroxylation is 1. The molecule has 1 heterocycles. The lowest BCUT2D eigenvalue weighted by atomic mass is 10.2. The van der Waals surface area contributed by atoms with Gasteiger partial charge in [-0.15, -0.1) is 0 Å². The zero-order valence-electron chi connectivity index (χ0n) is 9.95. The standard InChI is InChI=1S/C11H12N4O3/c1-14-7-8(6-12-14)13-10-4-3-9(18-2)5-11(10)15(16)17/h3-7,13H,1-2H3. The van der Waals surface area contributed by atoms with Crippen molar-refractivity contribution in [3.8, 4) is 5.75 Å². The van der Waals surface area contributed by atoms with Gasteiger partial charge in [0.25, 0.3) is 5.69 Å². The molecule has 0 spiro atoms. The average Bonchev–Trinajstić information content (AvgIpc) is 2.75. The molecule has 7 nitrogen and oxygen atoms in total. The SMILES string of the molecule is COc1ccc(Nc2cnn(C)c2)c([N+](=O)[O-])c1. The van der Waals surface area contributed by atoms with E-state index in [4.69, 9.17) is 4.74 Å². The van der Waals surface area contributed by atoms with E-state index < -0.39 is 4.92 Å². The quantitative estimate of drug-likeness (QED) is 0.661. The first kappa shape index (κ1) is 11.9. The van der Waals surface area contributed by atoms with Crippen LogP contribution in [0.4, 0.5) is 17.1 Å². The summed E-state index contributed by atoms with van der Waals surface area (Å²) in [6.45, 7) is 0. The highest BCUT2D eigenvalue weighted by Crippen LogP contribution is 2.31. The number of nitrogens with zero attached hydrogens (tertiary/aromatic N) is 3. The molecule has 0 fully saturated rings. The summed E-state index contributed by atoms with van der Waals surface area (Å²) in [7, 11) is 3.24. The number of nitro groups is 1. The van der Waals surface area contributed by atoms with Crippen LogP contribution in [0.15, 0.2) is 30.6 Å². The van der Waals surface area contributed by atoms with Crippen molar-refractivity contribution in [3.05, 3.63) is 40.7 Å². The molecule has 18 heavy (non-hydrogen) atoms. The fourth-order valence-corrected chi connectivity index (χ4v) is 1.54. The van der Waals surface area contributed by atoms with E-state index in [0.717, 1.165) is 0 Å². The number of nitro benzene ring substituents is 1. The van der Waals surface area contributed by atoms with E-state index in [9.17, 15) is 10.1 Å². The Morgan fingerprint density at radius 3 is 2.83 bits per heavy atom. The molecule has 0 aliphatic carbocycles. The van der Waals surface area contributed by atoms with Gasteiger partial charge in [-0.05, 0) is 12.1 Å². The van der Waals surface area contributed by atoms with Crippen LogP contribution in [-0.2, 0) is 7.05 Å². The van der Waals surface area contributed by atoms with Crippen molar-refractivity contribution in [2.75, 3.05) is 12.4 Å². The number of aromatic nitrogens is 2. The summed E-state index contributed by atoms with van der Waals surface area (Å²) in [6.07, 6.45) is 3.32. The van der Waals surface area contributed by atoms with Crippen LogP contribution in [0.25, 0.3) is 0 Å². The summed E-state index contributed by atoms with van der Waals surface area (Å²) in [5.74, 6) is 0.443. The van der Waals surface area contributed by atoms with Gasteiger partial charge in [0.05, 0.1) is 30.0 Å². The van der Waals surface area contributed by atoms with Crippen molar-refractivity contribution in [3.63, 3.8) is 0 Å².